The molecule has 2 amide bonds. The van der Waals surface area contributed by atoms with E-state index in [0.29, 0.717) is 42.3 Å². The minimum Gasteiger partial charge on any atom is -0.497 e. The van der Waals surface area contributed by atoms with Gasteiger partial charge in [0.2, 0.25) is 0 Å². The monoisotopic (exact) mass is 516 g/mol. The molecule has 0 spiro atoms. The molecule has 0 radical (unpaired) electrons. The summed E-state index contributed by atoms with van der Waals surface area (Å²) < 4.78 is 10.7. The number of nitrogens with one attached hydrogen (secondary N) is 2. The summed E-state index contributed by atoms with van der Waals surface area (Å²) in [5.74, 6) is 1.06. The highest BCUT2D eigenvalue weighted by molar-refractivity contribution is 6.06. The van der Waals surface area contributed by atoms with Gasteiger partial charge in [0.05, 0.1) is 19.8 Å². The number of pyridine rings is 1. The molecule has 200 valence electrons. The van der Waals surface area contributed by atoms with E-state index >= 15 is 0 Å². The molecule has 0 atom stereocenters. The summed E-state index contributed by atoms with van der Waals surface area (Å²) in [7, 11) is 3.19. The molecular formula is C30H36N4O4. The number of benzene rings is 2. The second-order valence-corrected chi connectivity index (χ2v) is 9.39. The molecule has 8 nitrogen and oxygen atoms in total. The zero-order chi connectivity index (χ0) is 26.7. The number of methoxy groups -OCH3 is 2. The normalized spacial score (nSPS) is 14.4. The third kappa shape index (κ3) is 7.10. The quantitative estimate of drug-likeness (QED) is 0.492. The minimum absolute atomic E-state index is 0.0828. The van der Waals surface area contributed by atoms with Gasteiger partial charge in [-0.25, -0.2) is 0 Å². The molecule has 2 aromatic carbocycles. The average molecular weight is 517 g/mol. The Balaban J connectivity index is 1.58. The van der Waals surface area contributed by atoms with Crippen LogP contribution < -0.4 is 25.0 Å². The van der Waals surface area contributed by atoms with Gasteiger partial charge in [-0.3, -0.25) is 14.6 Å². The summed E-state index contributed by atoms with van der Waals surface area (Å²) in [4.78, 5) is 32.6. The van der Waals surface area contributed by atoms with Gasteiger partial charge in [0, 0.05) is 49.3 Å². The van der Waals surface area contributed by atoms with E-state index in [0.717, 1.165) is 55.5 Å². The molecule has 38 heavy (non-hydrogen) atoms. The van der Waals surface area contributed by atoms with Crippen LogP contribution in [0.15, 0.2) is 60.9 Å². The fourth-order valence-electron chi connectivity index (χ4n) is 4.63. The number of hydrogen-bond donors (Lipinski definition) is 2. The molecule has 0 bridgehead atoms. The number of carbonyl (C=O) groups excluding carboxylic acids is 2. The Hall–Kier alpha value is -3.91. The molecule has 0 saturated carbocycles. The molecule has 0 aliphatic carbocycles. The molecule has 4 rings (SSSR count). The predicted octanol–water partition coefficient (Wildman–Crippen LogP) is 4.73. The summed E-state index contributed by atoms with van der Waals surface area (Å²) in [6.45, 7) is 2.40. The Morgan fingerprint density at radius 1 is 0.947 bits per heavy atom. The lowest BCUT2D eigenvalue weighted by Gasteiger charge is -2.26. The first kappa shape index (κ1) is 27.1. The number of carbonyl (C=O) groups is 2. The fourth-order valence-corrected chi connectivity index (χ4v) is 4.63. The Morgan fingerprint density at radius 2 is 1.71 bits per heavy atom. The smallest absolute Gasteiger partial charge is 0.259 e. The van der Waals surface area contributed by atoms with Gasteiger partial charge in [-0.15, -0.1) is 0 Å². The van der Waals surface area contributed by atoms with Gasteiger partial charge in [0.25, 0.3) is 11.8 Å². The molecule has 1 aromatic heterocycles. The van der Waals surface area contributed by atoms with E-state index in [-0.39, 0.29) is 11.8 Å². The molecule has 1 aliphatic rings. The lowest BCUT2D eigenvalue weighted by Crippen LogP contribution is -2.34. The standard InChI is InChI=1S/C30H36N4O4/c1-37-26-15-22(16-27(18-26)38-2)19-33-29(35)23-10-11-28-25(17-23)21-31-12-6-4-3-5-7-14-34(28)30(36)24-9-8-13-32-20-24/h8-11,13,15-18,20,31H,3-7,12,14,19,21H2,1-2H3,(H,33,35). The Labute approximate surface area is 224 Å². The summed E-state index contributed by atoms with van der Waals surface area (Å²) in [6.07, 6.45) is 8.68. The van der Waals surface area contributed by atoms with Crippen molar-refractivity contribution in [2.75, 3.05) is 32.2 Å². The predicted molar refractivity (Wildman–Crippen MR) is 148 cm³/mol. The number of anilines is 1. The van der Waals surface area contributed by atoms with Gasteiger partial charge in [0.1, 0.15) is 11.5 Å². The lowest BCUT2D eigenvalue weighted by molar-refractivity contribution is 0.0949. The van der Waals surface area contributed by atoms with Crippen molar-refractivity contribution in [1.29, 1.82) is 0 Å². The number of amides is 2. The highest BCUT2D eigenvalue weighted by atomic mass is 16.5. The van der Waals surface area contributed by atoms with Gasteiger partial charge < -0.3 is 25.0 Å². The highest BCUT2D eigenvalue weighted by Gasteiger charge is 2.22. The second kappa shape index (κ2) is 13.6. The first-order valence-corrected chi connectivity index (χ1v) is 13.1. The van der Waals surface area contributed by atoms with Crippen LogP contribution in [0.25, 0.3) is 0 Å². The minimum atomic E-state index is -0.189. The van der Waals surface area contributed by atoms with Gasteiger partial charge in [0.15, 0.2) is 0 Å². The first-order chi connectivity index (χ1) is 18.6. The van der Waals surface area contributed by atoms with Crippen molar-refractivity contribution in [2.24, 2.45) is 0 Å². The van der Waals surface area contributed by atoms with E-state index < -0.39 is 0 Å². The van der Waals surface area contributed by atoms with Crippen LogP contribution in [0.3, 0.4) is 0 Å². The van der Waals surface area contributed by atoms with Crippen molar-refractivity contribution in [3.8, 4) is 11.5 Å². The van der Waals surface area contributed by atoms with Crippen LogP contribution in [0.5, 0.6) is 11.5 Å². The molecule has 2 heterocycles. The Morgan fingerprint density at radius 3 is 2.45 bits per heavy atom. The second-order valence-electron chi connectivity index (χ2n) is 9.39. The first-order valence-electron chi connectivity index (χ1n) is 13.1. The van der Waals surface area contributed by atoms with Crippen LogP contribution in [-0.4, -0.2) is 44.1 Å². The van der Waals surface area contributed by atoms with Crippen molar-refractivity contribution in [2.45, 2.75) is 45.2 Å². The van der Waals surface area contributed by atoms with Crippen LogP contribution in [0.4, 0.5) is 5.69 Å². The summed E-state index contributed by atoms with van der Waals surface area (Å²) in [6, 6.07) is 14.7. The van der Waals surface area contributed by atoms with E-state index in [4.69, 9.17) is 9.47 Å². The number of nitrogens with zero attached hydrogens (tertiary/aromatic N) is 2. The Bertz CT molecular complexity index is 1210. The lowest BCUT2D eigenvalue weighted by atomic mass is 10.0. The molecule has 3 aromatic rings. The summed E-state index contributed by atoms with van der Waals surface area (Å²) >= 11 is 0. The zero-order valence-electron chi connectivity index (χ0n) is 22.2. The average Bonchev–Trinajstić information content (AvgIpc) is 2.96. The third-order valence-corrected chi connectivity index (χ3v) is 6.70. The third-order valence-electron chi connectivity index (χ3n) is 6.70. The Kier molecular flexibility index (Phi) is 9.70. The van der Waals surface area contributed by atoms with Crippen molar-refractivity contribution >= 4 is 17.5 Å². The summed E-state index contributed by atoms with van der Waals surface area (Å²) in [5.41, 5.74) is 3.70. The van der Waals surface area contributed by atoms with Crippen LogP contribution in [0, 0.1) is 0 Å². The van der Waals surface area contributed by atoms with Gasteiger partial charge in [-0.2, -0.15) is 0 Å². The molecular weight excluding hydrogens is 480 g/mol. The van der Waals surface area contributed by atoms with Crippen LogP contribution >= 0.6 is 0 Å². The number of ether oxygens (including phenoxy) is 2. The van der Waals surface area contributed by atoms with Crippen LogP contribution in [0.1, 0.15) is 63.9 Å². The van der Waals surface area contributed by atoms with Crippen molar-refractivity contribution in [3.05, 3.63) is 83.2 Å². The zero-order valence-corrected chi connectivity index (χ0v) is 22.2. The van der Waals surface area contributed by atoms with Crippen molar-refractivity contribution in [3.63, 3.8) is 0 Å². The maximum atomic E-state index is 13.5. The van der Waals surface area contributed by atoms with Crippen molar-refractivity contribution in [1.82, 2.24) is 15.6 Å². The number of aromatic nitrogens is 1. The van der Waals surface area contributed by atoms with Crippen molar-refractivity contribution < 1.29 is 19.1 Å². The summed E-state index contributed by atoms with van der Waals surface area (Å²) in [5, 5.41) is 6.49. The SMILES string of the molecule is COc1cc(CNC(=O)c2ccc3c(c2)CNCCCCCCCN3C(=O)c2cccnc2)cc(OC)c1. The molecule has 0 saturated heterocycles. The molecule has 0 fully saturated rings. The molecule has 0 unspecified atom stereocenters. The number of fused-ring (bicyclic) bond motifs is 1. The van der Waals surface area contributed by atoms with Crippen LogP contribution in [0.2, 0.25) is 0 Å². The van der Waals surface area contributed by atoms with E-state index in [9.17, 15) is 9.59 Å². The van der Waals surface area contributed by atoms with E-state index in [2.05, 4.69) is 15.6 Å². The fraction of sp³-hybridized carbons (Fsp3) is 0.367. The number of hydrogen-bond acceptors (Lipinski definition) is 6. The largest absolute Gasteiger partial charge is 0.497 e. The van der Waals surface area contributed by atoms with E-state index in [1.54, 1.807) is 50.9 Å². The van der Waals surface area contributed by atoms with E-state index in [1.165, 1.54) is 0 Å². The molecule has 2 N–H and O–H groups in total. The maximum Gasteiger partial charge on any atom is 0.259 e. The highest BCUT2D eigenvalue weighted by Crippen LogP contribution is 2.26. The van der Waals surface area contributed by atoms with Gasteiger partial charge in [-0.05, 0) is 73.0 Å². The maximum absolute atomic E-state index is 13.5. The van der Waals surface area contributed by atoms with Gasteiger partial charge in [-0.1, -0.05) is 19.3 Å². The topological polar surface area (TPSA) is 92.8 Å². The van der Waals surface area contributed by atoms with E-state index in [1.807, 2.05) is 29.2 Å². The molecule has 1 aliphatic heterocycles. The number of rotatable bonds is 6. The van der Waals surface area contributed by atoms with Crippen LogP contribution in [-0.2, 0) is 13.1 Å². The molecule has 8 heteroatoms. The van der Waals surface area contributed by atoms with Gasteiger partial charge >= 0.3 is 0 Å².